The molecule has 2 aromatic rings. The van der Waals surface area contributed by atoms with E-state index < -0.39 is 9.84 Å². The van der Waals surface area contributed by atoms with Gasteiger partial charge in [-0.15, -0.1) is 0 Å². The van der Waals surface area contributed by atoms with Crippen LogP contribution in [0.1, 0.15) is 19.0 Å². The van der Waals surface area contributed by atoms with Gasteiger partial charge in [-0.25, -0.2) is 13.4 Å². The van der Waals surface area contributed by atoms with E-state index in [2.05, 4.69) is 22.3 Å². The molecular formula is C13H18N4O2S. The standard InChI is InChI=1S/C13H18N4O2S/c1-3-8-17-12(6-7-16-17)10-14-11-4-5-13(15-9-11)20(2,18)19/h4-7,9,14H,3,8,10H2,1-2H3. The predicted octanol–water partition coefficient (Wildman–Crippen LogP) is 1.70. The lowest BCUT2D eigenvalue weighted by atomic mass is 10.3. The molecule has 0 atom stereocenters. The Kier molecular flexibility index (Phi) is 4.39. The number of rotatable bonds is 6. The molecule has 0 saturated heterocycles. The van der Waals surface area contributed by atoms with E-state index >= 15 is 0 Å². The summed E-state index contributed by atoms with van der Waals surface area (Å²) in [5.41, 5.74) is 1.86. The molecule has 0 aromatic carbocycles. The lowest BCUT2D eigenvalue weighted by Gasteiger charge is -2.09. The second-order valence-electron chi connectivity index (χ2n) is 4.56. The fourth-order valence-electron chi connectivity index (χ4n) is 1.82. The molecule has 0 aliphatic carbocycles. The minimum Gasteiger partial charge on any atom is -0.378 e. The van der Waals surface area contributed by atoms with Crippen LogP contribution in [-0.4, -0.2) is 29.4 Å². The van der Waals surface area contributed by atoms with Gasteiger partial charge in [-0.2, -0.15) is 5.10 Å². The Morgan fingerprint density at radius 3 is 2.70 bits per heavy atom. The molecule has 2 rings (SSSR count). The van der Waals surface area contributed by atoms with Gasteiger partial charge in [-0.05, 0) is 24.6 Å². The number of sulfone groups is 1. The normalized spacial score (nSPS) is 11.5. The number of nitrogens with one attached hydrogen (secondary N) is 1. The third-order valence-electron chi connectivity index (χ3n) is 2.83. The van der Waals surface area contributed by atoms with Crippen LogP contribution in [0.25, 0.3) is 0 Å². The van der Waals surface area contributed by atoms with Gasteiger partial charge in [0.05, 0.1) is 24.1 Å². The van der Waals surface area contributed by atoms with Crippen LogP contribution in [0.2, 0.25) is 0 Å². The van der Waals surface area contributed by atoms with Crippen molar-refractivity contribution in [1.82, 2.24) is 14.8 Å². The number of hydrogen-bond acceptors (Lipinski definition) is 5. The van der Waals surface area contributed by atoms with Gasteiger partial charge in [0.15, 0.2) is 14.9 Å². The average molecular weight is 294 g/mol. The molecule has 108 valence electrons. The molecule has 20 heavy (non-hydrogen) atoms. The second kappa shape index (κ2) is 6.04. The molecule has 2 heterocycles. The largest absolute Gasteiger partial charge is 0.378 e. The van der Waals surface area contributed by atoms with Crippen LogP contribution in [0.4, 0.5) is 5.69 Å². The zero-order valence-electron chi connectivity index (χ0n) is 11.6. The summed E-state index contributed by atoms with van der Waals surface area (Å²) in [4.78, 5) is 3.94. The van der Waals surface area contributed by atoms with Crippen molar-refractivity contribution >= 4 is 15.5 Å². The molecule has 0 radical (unpaired) electrons. The van der Waals surface area contributed by atoms with Gasteiger partial charge in [0.2, 0.25) is 0 Å². The van der Waals surface area contributed by atoms with Gasteiger partial charge in [-0.3, -0.25) is 4.68 Å². The van der Waals surface area contributed by atoms with Crippen LogP contribution in [0.15, 0.2) is 35.6 Å². The Morgan fingerprint density at radius 2 is 2.10 bits per heavy atom. The number of hydrogen-bond donors (Lipinski definition) is 1. The molecule has 7 heteroatoms. The Hall–Kier alpha value is -1.89. The zero-order chi connectivity index (χ0) is 14.6. The molecular weight excluding hydrogens is 276 g/mol. The Morgan fingerprint density at radius 1 is 1.30 bits per heavy atom. The van der Waals surface area contributed by atoms with E-state index in [4.69, 9.17) is 0 Å². The lowest BCUT2D eigenvalue weighted by Crippen LogP contribution is -2.09. The van der Waals surface area contributed by atoms with E-state index in [9.17, 15) is 8.42 Å². The zero-order valence-corrected chi connectivity index (χ0v) is 12.4. The summed E-state index contributed by atoms with van der Waals surface area (Å²) in [6.45, 7) is 3.61. The fraction of sp³-hybridized carbons (Fsp3) is 0.385. The summed E-state index contributed by atoms with van der Waals surface area (Å²) in [7, 11) is -3.24. The second-order valence-corrected chi connectivity index (χ2v) is 6.52. The van der Waals surface area contributed by atoms with Gasteiger partial charge in [0.1, 0.15) is 0 Å². The Labute approximate surface area is 118 Å². The van der Waals surface area contributed by atoms with Crippen LogP contribution in [-0.2, 0) is 22.9 Å². The Bertz CT molecular complexity index is 662. The van der Waals surface area contributed by atoms with Crippen molar-refractivity contribution in [2.75, 3.05) is 11.6 Å². The molecule has 0 bridgehead atoms. The number of nitrogens with zero attached hydrogens (tertiary/aromatic N) is 3. The summed E-state index contributed by atoms with van der Waals surface area (Å²) in [5, 5.41) is 7.54. The van der Waals surface area contributed by atoms with E-state index in [1.807, 2.05) is 10.7 Å². The fourth-order valence-corrected chi connectivity index (χ4v) is 2.38. The summed E-state index contributed by atoms with van der Waals surface area (Å²) in [6, 6.07) is 5.17. The van der Waals surface area contributed by atoms with E-state index in [0.29, 0.717) is 6.54 Å². The third-order valence-corrected chi connectivity index (χ3v) is 3.83. The first-order valence-electron chi connectivity index (χ1n) is 6.41. The van der Waals surface area contributed by atoms with Crippen molar-refractivity contribution < 1.29 is 8.42 Å². The summed E-state index contributed by atoms with van der Waals surface area (Å²) >= 11 is 0. The van der Waals surface area contributed by atoms with Crippen LogP contribution in [0.3, 0.4) is 0 Å². The van der Waals surface area contributed by atoms with Crippen molar-refractivity contribution in [3.8, 4) is 0 Å². The summed E-state index contributed by atoms with van der Waals surface area (Å²) in [5.74, 6) is 0. The van der Waals surface area contributed by atoms with E-state index in [0.717, 1.165) is 30.6 Å². The van der Waals surface area contributed by atoms with Crippen molar-refractivity contribution in [3.05, 3.63) is 36.3 Å². The Balaban J connectivity index is 2.02. The van der Waals surface area contributed by atoms with Crippen molar-refractivity contribution in [2.24, 2.45) is 0 Å². The van der Waals surface area contributed by atoms with Crippen molar-refractivity contribution in [3.63, 3.8) is 0 Å². The smallest absolute Gasteiger partial charge is 0.192 e. The topological polar surface area (TPSA) is 76.9 Å². The molecule has 0 amide bonds. The highest BCUT2D eigenvalue weighted by molar-refractivity contribution is 7.90. The number of aromatic nitrogens is 3. The summed E-state index contributed by atoms with van der Waals surface area (Å²) < 4.78 is 24.6. The van der Waals surface area contributed by atoms with Crippen LogP contribution >= 0.6 is 0 Å². The van der Waals surface area contributed by atoms with Gasteiger partial charge in [0.25, 0.3) is 0 Å². The molecule has 0 spiro atoms. The number of anilines is 1. The minimum atomic E-state index is -3.24. The summed E-state index contributed by atoms with van der Waals surface area (Å²) in [6.07, 6.45) is 5.47. The van der Waals surface area contributed by atoms with Gasteiger partial charge in [-0.1, -0.05) is 6.92 Å². The highest BCUT2D eigenvalue weighted by atomic mass is 32.2. The third kappa shape index (κ3) is 3.57. The van der Waals surface area contributed by atoms with Crippen LogP contribution in [0.5, 0.6) is 0 Å². The monoisotopic (exact) mass is 294 g/mol. The van der Waals surface area contributed by atoms with Gasteiger partial charge < -0.3 is 5.32 Å². The quantitative estimate of drug-likeness (QED) is 0.877. The highest BCUT2D eigenvalue weighted by Gasteiger charge is 2.08. The van der Waals surface area contributed by atoms with E-state index in [1.54, 1.807) is 12.3 Å². The SMILES string of the molecule is CCCn1nccc1CNc1ccc(S(C)(=O)=O)nc1. The lowest BCUT2D eigenvalue weighted by molar-refractivity contribution is 0.578. The van der Waals surface area contributed by atoms with Crippen LogP contribution < -0.4 is 5.32 Å². The highest BCUT2D eigenvalue weighted by Crippen LogP contribution is 2.11. The van der Waals surface area contributed by atoms with Crippen molar-refractivity contribution in [2.45, 2.75) is 31.5 Å². The van der Waals surface area contributed by atoms with E-state index in [1.165, 1.54) is 12.3 Å². The number of pyridine rings is 1. The predicted molar refractivity (Wildman–Crippen MR) is 77.2 cm³/mol. The van der Waals surface area contributed by atoms with Crippen molar-refractivity contribution in [1.29, 1.82) is 0 Å². The molecule has 6 nitrogen and oxygen atoms in total. The molecule has 0 fully saturated rings. The molecule has 1 N–H and O–H groups in total. The maximum atomic E-state index is 11.3. The first-order chi connectivity index (χ1) is 9.50. The van der Waals surface area contributed by atoms with Gasteiger partial charge >= 0.3 is 0 Å². The van der Waals surface area contributed by atoms with Crippen LogP contribution in [0, 0.1) is 0 Å². The average Bonchev–Trinajstić information content (AvgIpc) is 2.84. The first kappa shape index (κ1) is 14.5. The molecule has 0 unspecified atom stereocenters. The maximum Gasteiger partial charge on any atom is 0.192 e. The van der Waals surface area contributed by atoms with Gasteiger partial charge in [0, 0.05) is 19.0 Å². The molecule has 0 aliphatic rings. The minimum absolute atomic E-state index is 0.0825. The molecule has 0 saturated carbocycles. The molecule has 2 aromatic heterocycles. The first-order valence-corrected chi connectivity index (χ1v) is 8.30. The maximum absolute atomic E-state index is 11.3. The molecule has 0 aliphatic heterocycles. The van der Waals surface area contributed by atoms with E-state index in [-0.39, 0.29) is 5.03 Å². The number of aryl methyl sites for hydroxylation is 1.